The summed E-state index contributed by atoms with van der Waals surface area (Å²) in [4.78, 5) is 19.5. The zero-order valence-corrected chi connectivity index (χ0v) is 10.1. The van der Waals surface area contributed by atoms with E-state index < -0.39 is 5.91 Å². The first-order chi connectivity index (χ1) is 9.10. The Hall–Kier alpha value is -2.47. The van der Waals surface area contributed by atoms with Crippen LogP contribution in [0.4, 0.5) is 0 Å². The van der Waals surface area contributed by atoms with E-state index in [1.165, 1.54) is 18.2 Å². The molecule has 6 nitrogen and oxygen atoms in total. The number of aliphatic hydroxyl groups excluding tert-OH is 1. The molecule has 0 saturated carbocycles. The Labute approximate surface area is 109 Å². The van der Waals surface area contributed by atoms with E-state index in [1.54, 1.807) is 12.1 Å². The minimum absolute atomic E-state index is 0.0791. The minimum atomic E-state index is -0.651. The molecule has 0 spiro atoms. The average Bonchev–Trinajstić information content (AvgIpc) is 2.39. The molecule has 1 aromatic heterocycles. The molecule has 0 atom stereocenters. The molecule has 4 N–H and O–H groups in total. The lowest BCUT2D eigenvalue weighted by atomic mass is 10.2. The summed E-state index contributed by atoms with van der Waals surface area (Å²) in [6.07, 6.45) is 0.313. The Morgan fingerprint density at radius 1 is 1.21 bits per heavy atom. The first kappa shape index (κ1) is 13.0. The molecule has 6 heteroatoms. The highest BCUT2D eigenvalue weighted by Gasteiger charge is 2.10. The minimum Gasteiger partial charge on any atom is -0.508 e. The van der Waals surface area contributed by atoms with Gasteiger partial charge in [-0.05, 0) is 30.3 Å². The van der Waals surface area contributed by atoms with Gasteiger partial charge >= 0.3 is 0 Å². The van der Waals surface area contributed by atoms with E-state index in [9.17, 15) is 9.90 Å². The number of aromatic nitrogens is 2. The number of carbonyl (C=O) groups is 1. The number of primary amides is 1. The standard InChI is InChI=1S/C13H13N3O3/c14-12(19)11-7-9(5-6-17)15-13(16-11)8-1-3-10(18)4-2-8/h1-4,7,17-18H,5-6H2,(H2,14,19). The van der Waals surface area contributed by atoms with E-state index in [1.807, 2.05) is 0 Å². The molecule has 19 heavy (non-hydrogen) atoms. The van der Waals surface area contributed by atoms with Crippen LogP contribution in [-0.4, -0.2) is 32.7 Å². The molecule has 2 aromatic rings. The number of hydrogen-bond donors (Lipinski definition) is 3. The Balaban J connectivity index is 2.49. The number of nitrogens with two attached hydrogens (primary N) is 1. The fourth-order valence-corrected chi connectivity index (χ4v) is 1.61. The SMILES string of the molecule is NC(=O)c1cc(CCO)nc(-c2ccc(O)cc2)n1. The summed E-state index contributed by atoms with van der Waals surface area (Å²) in [6.45, 7) is -0.0791. The fraction of sp³-hybridized carbons (Fsp3) is 0.154. The molecular formula is C13H13N3O3. The number of aliphatic hydroxyl groups is 1. The van der Waals surface area contributed by atoms with E-state index in [-0.39, 0.29) is 18.1 Å². The largest absolute Gasteiger partial charge is 0.508 e. The van der Waals surface area contributed by atoms with Crippen LogP contribution in [0.3, 0.4) is 0 Å². The van der Waals surface area contributed by atoms with E-state index in [2.05, 4.69) is 9.97 Å². The van der Waals surface area contributed by atoms with Crippen molar-refractivity contribution in [3.63, 3.8) is 0 Å². The van der Waals surface area contributed by atoms with Crippen LogP contribution >= 0.6 is 0 Å². The maximum absolute atomic E-state index is 11.2. The Bertz CT molecular complexity index is 597. The van der Waals surface area contributed by atoms with E-state index in [4.69, 9.17) is 10.8 Å². The molecule has 0 aliphatic rings. The maximum atomic E-state index is 11.2. The molecule has 1 amide bonds. The lowest BCUT2D eigenvalue weighted by Gasteiger charge is -2.06. The van der Waals surface area contributed by atoms with Gasteiger partial charge in [0.15, 0.2) is 5.82 Å². The third kappa shape index (κ3) is 3.05. The van der Waals surface area contributed by atoms with Gasteiger partial charge in [0, 0.05) is 24.3 Å². The van der Waals surface area contributed by atoms with Gasteiger partial charge in [-0.25, -0.2) is 9.97 Å². The molecular weight excluding hydrogens is 246 g/mol. The molecule has 0 saturated heterocycles. The van der Waals surface area contributed by atoms with Crippen molar-refractivity contribution in [2.45, 2.75) is 6.42 Å². The normalized spacial score (nSPS) is 10.4. The van der Waals surface area contributed by atoms with Gasteiger partial charge in [0.05, 0.1) is 0 Å². The van der Waals surface area contributed by atoms with Crippen molar-refractivity contribution >= 4 is 5.91 Å². The van der Waals surface area contributed by atoms with Crippen molar-refractivity contribution in [3.05, 3.63) is 41.7 Å². The topological polar surface area (TPSA) is 109 Å². The van der Waals surface area contributed by atoms with Gasteiger partial charge < -0.3 is 15.9 Å². The predicted molar refractivity (Wildman–Crippen MR) is 68.4 cm³/mol. The number of amides is 1. The van der Waals surface area contributed by atoms with Crippen molar-refractivity contribution in [2.24, 2.45) is 5.73 Å². The van der Waals surface area contributed by atoms with Crippen molar-refractivity contribution in [1.82, 2.24) is 9.97 Å². The maximum Gasteiger partial charge on any atom is 0.267 e. The lowest BCUT2D eigenvalue weighted by molar-refractivity contribution is 0.0995. The van der Waals surface area contributed by atoms with E-state index in [0.29, 0.717) is 23.5 Å². The van der Waals surface area contributed by atoms with Gasteiger partial charge in [0.1, 0.15) is 11.4 Å². The van der Waals surface area contributed by atoms with Crippen LogP contribution in [0.5, 0.6) is 5.75 Å². The van der Waals surface area contributed by atoms with Crippen molar-refractivity contribution in [3.8, 4) is 17.1 Å². The third-order valence-electron chi connectivity index (χ3n) is 2.53. The summed E-state index contributed by atoms with van der Waals surface area (Å²) in [7, 11) is 0. The number of nitrogens with zero attached hydrogens (tertiary/aromatic N) is 2. The Morgan fingerprint density at radius 3 is 2.47 bits per heavy atom. The highest BCUT2D eigenvalue weighted by Crippen LogP contribution is 2.19. The second-order valence-corrected chi connectivity index (χ2v) is 3.95. The zero-order chi connectivity index (χ0) is 13.8. The van der Waals surface area contributed by atoms with Crippen LogP contribution in [0.25, 0.3) is 11.4 Å². The molecule has 0 unspecified atom stereocenters. The monoisotopic (exact) mass is 259 g/mol. The van der Waals surface area contributed by atoms with E-state index >= 15 is 0 Å². The average molecular weight is 259 g/mol. The molecule has 0 aliphatic carbocycles. The number of aromatic hydroxyl groups is 1. The van der Waals surface area contributed by atoms with Crippen LogP contribution in [0, 0.1) is 0 Å². The predicted octanol–water partition coefficient (Wildman–Crippen LogP) is 0.483. The summed E-state index contributed by atoms with van der Waals surface area (Å²) < 4.78 is 0. The zero-order valence-electron chi connectivity index (χ0n) is 10.1. The second-order valence-electron chi connectivity index (χ2n) is 3.95. The van der Waals surface area contributed by atoms with Gasteiger partial charge in [0.2, 0.25) is 0 Å². The lowest BCUT2D eigenvalue weighted by Crippen LogP contribution is -2.15. The smallest absolute Gasteiger partial charge is 0.267 e. The number of carbonyl (C=O) groups excluding carboxylic acids is 1. The molecule has 0 fully saturated rings. The summed E-state index contributed by atoms with van der Waals surface area (Å²) in [6, 6.07) is 7.74. The first-order valence-electron chi connectivity index (χ1n) is 5.68. The van der Waals surface area contributed by atoms with E-state index in [0.717, 1.165) is 0 Å². The molecule has 1 heterocycles. The summed E-state index contributed by atoms with van der Waals surface area (Å²) >= 11 is 0. The van der Waals surface area contributed by atoms with Gasteiger partial charge in [0.25, 0.3) is 5.91 Å². The van der Waals surface area contributed by atoms with Crippen molar-refractivity contribution in [1.29, 1.82) is 0 Å². The number of benzene rings is 1. The van der Waals surface area contributed by atoms with Gasteiger partial charge in [-0.15, -0.1) is 0 Å². The summed E-state index contributed by atoms with van der Waals surface area (Å²) in [5.74, 6) is -0.188. The van der Waals surface area contributed by atoms with Crippen LogP contribution in [0.15, 0.2) is 30.3 Å². The van der Waals surface area contributed by atoms with Crippen LogP contribution in [-0.2, 0) is 6.42 Å². The van der Waals surface area contributed by atoms with Crippen LogP contribution < -0.4 is 5.73 Å². The number of hydrogen-bond acceptors (Lipinski definition) is 5. The van der Waals surface area contributed by atoms with Crippen molar-refractivity contribution in [2.75, 3.05) is 6.61 Å². The highest BCUT2D eigenvalue weighted by molar-refractivity contribution is 5.91. The fourth-order valence-electron chi connectivity index (χ4n) is 1.61. The van der Waals surface area contributed by atoms with Crippen LogP contribution in [0.1, 0.15) is 16.2 Å². The quantitative estimate of drug-likeness (QED) is 0.740. The van der Waals surface area contributed by atoms with Crippen LogP contribution in [0.2, 0.25) is 0 Å². The van der Waals surface area contributed by atoms with Gasteiger partial charge in [-0.3, -0.25) is 4.79 Å². The third-order valence-corrected chi connectivity index (χ3v) is 2.53. The highest BCUT2D eigenvalue weighted by atomic mass is 16.3. The molecule has 0 radical (unpaired) electrons. The molecule has 98 valence electrons. The first-order valence-corrected chi connectivity index (χ1v) is 5.68. The van der Waals surface area contributed by atoms with Gasteiger partial charge in [-0.2, -0.15) is 0 Å². The molecule has 2 rings (SSSR count). The second kappa shape index (κ2) is 5.45. The Morgan fingerprint density at radius 2 is 1.89 bits per heavy atom. The molecule has 0 bridgehead atoms. The molecule has 1 aromatic carbocycles. The number of rotatable bonds is 4. The number of phenolic OH excluding ortho intramolecular Hbond substituents is 1. The van der Waals surface area contributed by atoms with Gasteiger partial charge in [-0.1, -0.05) is 0 Å². The summed E-state index contributed by atoms with van der Waals surface area (Å²) in [5, 5.41) is 18.2. The molecule has 0 aliphatic heterocycles. The number of phenols is 1. The Kier molecular flexibility index (Phi) is 3.72. The van der Waals surface area contributed by atoms with Crippen molar-refractivity contribution < 1.29 is 15.0 Å². The summed E-state index contributed by atoms with van der Waals surface area (Å²) in [5.41, 5.74) is 6.51.